The smallest absolute Gasteiger partial charge is 0.315 e. The molecule has 0 spiro atoms. The summed E-state index contributed by atoms with van der Waals surface area (Å²) in [7, 11) is 0. The fraction of sp³-hybridized carbons (Fsp3) is 0.467. The second kappa shape index (κ2) is 5.73. The van der Waals surface area contributed by atoms with Crippen LogP contribution >= 0.6 is 0 Å². The minimum Gasteiger partial charge on any atom is -0.378 e. The third kappa shape index (κ3) is 2.85. The normalized spacial score (nSPS) is 25.4. The van der Waals surface area contributed by atoms with E-state index in [1.54, 1.807) is 0 Å². The molecule has 2 unspecified atom stereocenters. The average molecular weight is 289 g/mol. The molecule has 3 rings (SSSR count). The molecule has 21 heavy (non-hydrogen) atoms. The van der Waals surface area contributed by atoms with Crippen molar-refractivity contribution in [3.63, 3.8) is 0 Å². The van der Waals surface area contributed by atoms with E-state index in [-0.39, 0.29) is 17.9 Å². The molecule has 2 aliphatic rings. The molecule has 6 heteroatoms. The van der Waals surface area contributed by atoms with Crippen LogP contribution < -0.4 is 15.5 Å². The Balaban J connectivity index is 1.71. The minimum atomic E-state index is -0.494. The predicted molar refractivity (Wildman–Crippen MR) is 78.7 cm³/mol. The SMILES string of the molecule is CC1NC(=O)NC1C(=O)c1ccc(N2CCOCC2)cc1. The van der Waals surface area contributed by atoms with E-state index < -0.39 is 6.04 Å². The summed E-state index contributed by atoms with van der Waals surface area (Å²) in [5.74, 6) is -0.0608. The van der Waals surface area contributed by atoms with Crippen LogP contribution in [0.25, 0.3) is 0 Å². The van der Waals surface area contributed by atoms with Crippen LogP contribution in [0.5, 0.6) is 0 Å². The van der Waals surface area contributed by atoms with Crippen LogP contribution in [-0.2, 0) is 4.74 Å². The maximum atomic E-state index is 12.4. The first-order chi connectivity index (χ1) is 10.1. The minimum absolute atomic E-state index is 0.0608. The number of hydrogen-bond acceptors (Lipinski definition) is 4. The van der Waals surface area contributed by atoms with E-state index in [4.69, 9.17) is 4.74 Å². The zero-order valence-corrected chi connectivity index (χ0v) is 12.0. The highest BCUT2D eigenvalue weighted by atomic mass is 16.5. The summed E-state index contributed by atoms with van der Waals surface area (Å²) in [6.07, 6.45) is 0. The van der Waals surface area contributed by atoms with E-state index in [1.165, 1.54) is 0 Å². The van der Waals surface area contributed by atoms with Gasteiger partial charge in [-0.1, -0.05) is 0 Å². The second-order valence-electron chi connectivity index (χ2n) is 5.39. The van der Waals surface area contributed by atoms with Gasteiger partial charge in [-0.15, -0.1) is 0 Å². The van der Waals surface area contributed by atoms with E-state index in [9.17, 15) is 9.59 Å². The quantitative estimate of drug-likeness (QED) is 0.807. The molecule has 0 bridgehead atoms. The zero-order valence-electron chi connectivity index (χ0n) is 12.0. The molecule has 2 atom stereocenters. The van der Waals surface area contributed by atoms with Crippen LogP contribution in [-0.4, -0.2) is 50.2 Å². The summed E-state index contributed by atoms with van der Waals surface area (Å²) in [5, 5.41) is 5.34. The molecule has 1 aromatic rings. The molecule has 0 aromatic heterocycles. The summed E-state index contributed by atoms with van der Waals surface area (Å²) in [5.41, 5.74) is 1.71. The van der Waals surface area contributed by atoms with E-state index in [2.05, 4.69) is 15.5 Å². The number of anilines is 1. The van der Waals surface area contributed by atoms with Crippen LogP contribution in [0, 0.1) is 0 Å². The standard InChI is InChI=1S/C15H19N3O3/c1-10-13(17-15(20)16-10)14(19)11-2-4-12(5-3-11)18-6-8-21-9-7-18/h2-5,10,13H,6-9H2,1H3,(H2,16,17,20). The predicted octanol–water partition coefficient (Wildman–Crippen LogP) is 0.776. The van der Waals surface area contributed by atoms with Crippen LogP contribution in [0.15, 0.2) is 24.3 Å². The zero-order chi connectivity index (χ0) is 14.8. The number of nitrogens with one attached hydrogen (secondary N) is 2. The Kier molecular flexibility index (Phi) is 3.79. The van der Waals surface area contributed by atoms with Crippen LogP contribution in [0.2, 0.25) is 0 Å². The Bertz CT molecular complexity index is 538. The van der Waals surface area contributed by atoms with E-state index >= 15 is 0 Å². The van der Waals surface area contributed by atoms with Gasteiger partial charge in [0, 0.05) is 24.3 Å². The topological polar surface area (TPSA) is 70.7 Å². The van der Waals surface area contributed by atoms with Crippen molar-refractivity contribution in [2.24, 2.45) is 0 Å². The molecule has 0 radical (unpaired) electrons. The highest BCUT2D eigenvalue weighted by Crippen LogP contribution is 2.18. The monoisotopic (exact) mass is 289 g/mol. The van der Waals surface area contributed by atoms with Crippen molar-refractivity contribution in [1.82, 2.24) is 10.6 Å². The first kappa shape index (κ1) is 13.9. The molecule has 2 saturated heterocycles. The van der Waals surface area contributed by atoms with Gasteiger partial charge < -0.3 is 20.3 Å². The van der Waals surface area contributed by atoms with Gasteiger partial charge in [0.15, 0.2) is 5.78 Å². The van der Waals surface area contributed by atoms with Gasteiger partial charge in [-0.2, -0.15) is 0 Å². The van der Waals surface area contributed by atoms with Gasteiger partial charge in [-0.05, 0) is 31.2 Å². The number of ether oxygens (including phenoxy) is 1. The lowest BCUT2D eigenvalue weighted by Gasteiger charge is -2.29. The molecular weight excluding hydrogens is 270 g/mol. The number of amides is 2. The number of morpholine rings is 1. The van der Waals surface area contributed by atoms with Gasteiger partial charge in [0.1, 0.15) is 6.04 Å². The van der Waals surface area contributed by atoms with Crippen molar-refractivity contribution < 1.29 is 14.3 Å². The van der Waals surface area contributed by atoms with Crippen molar-refractivity contribution >= 4 is 17.5 Å². The molecule has 0 aliphatic carbocycles. The number of Topliss-reactive ketones (excluding diaryl/α,β-unsaturated/α-hetero) is 1. The van der Waals surface area contributed by atoms with Gasteiger partial charge >= 0.3 is 6.03 Å². The second-order valence-corrected chi connectivity index (χ2v) is 5.39. The first-order valence-electron chi connectivity index (χ1n) is 7.19. The molecule has 112 valence electrons. The molecule has 2 amide bonds. The molecule has 2 N–H and O–H groups in total. The lowest BCUT2D eigenvalue weighted by molar-refractivity contribution is 0.0946. The maximum absolute atomic E-state index is 12.4. The van der Waals surface area contributed by atoms with E-state index in [1.807, 2.05) is 31.2 Å². The number of hydrogen-bond donors (Lipinski definition) is 2. The highest BCUT2D eigenvalue weighted by molar-refractivity contribution is 6.04. The first-order valence-corrected chi connectivity index (χ1v) is 7.19. The van der Waals surface area contributed by atoms with Crippen LogP contribution in [0.1, 0.15) is 17.3 Å². The highest BCUT2D eigenvalue weighted by Gasteiger charge is 2.34. The Hall–Kier alpha value is -2.08. The molecule has 2 fully saturated rings. The fourth-order valence-electron chi connectivity index (χ4n) is 2.73. The third-order valence-corrected chi connectivity index (χ3v) is 3.96. The number of carbonyl (C=O) groups is 2. The fourth-order valence-corrected chi connectivity index (χ4v) is 2.73. The molecule has 0 saturated carbocycles. The maximum Gasteiger partial charge on any atom is 0.315 e. The molecule has 2 heterocycles. The Morgan fingerprint density at radius 1 is 1.19 bits per heavy atom. The van der Waals surface area contributed by atoms with Crippen molar-refractivity contribution in [2.45, 2.75) is 19.0 Å². The van der Waals surface area contributed by atoms with Crippen LogP contribution in [0.3, 0.4) is 0 Å². The van der Waals surface area contributed by atoms with Crippen LogP contribution in [0.4, 0.5) is 10.5 Å². The number of ketones is 1. The molecule has 1 aromatic carbocycles. The van der Waals surface area contributed by atoms with Gasteiger partial charge in [0.2, 0.25) is 0 Å². The summed E-state index contributed by atoms with van der Waals surface area (Å²) in [4.78, 5) is 25.9. The number of urea groups is 1. The average Bonchev–Trinajstić information content (AvgIpc) is 2.86. The molecule has 2 aliphatic heterocycles. The van der Waals surface area contributed by atoms with Crippen molar-refractivity contribution in [3.05, 3.63) is 29.8 Å². The number of nitrogens with zero attached hydrogens (tertiary/aromatic N) is 1. The molecule has 6 nitrogen and oxygen atoms in total. The van der Waals surface area contributed by atoms with E-state index in [0.717, 1.165) is 32.0 Å². The van der Waals surface area contributed by atoms with Gasteiger partial charge in [-0.3, -0.25) is 4.79 Å². The Morgan fingerprint density at radius 2 is 1.86 bits per heavy atom. The Morgan fingerprint density at radius 3 is 2.43 bits per heavy atom. The van der Waals surface area contributed by atoms with Gasteiger partial charge in [0.05, 0.1) is 19.3 Å². The van der Waals surface area contributed by atoms with Gasteiger partial charge in [0.25, 0.3) is 0 Å². The van der Waals surface area contributed by atoms with Crippen molar-refractivity contribution in [1.29, 1.82) is 0 Å². The summed E-state index contributed by atoms with van der Waals surface area (Å²) in [6, 6.07) is 6.58. The molecular formula is C15H19N3O3. The Labute approximate surface area is 123 Å². The largest absolute Gasteiger partial charge is 0.378 e. The number of carbonyl (C=O) groups excluding carboxylic acids is 2. The number of benzene rings is 1. The summed E-state index contributed by atoms with van der Waals surface area (Å²) >= 11 is 0. The van der Waals surface area contributed by atoms with Crippen molar-refractivity contribution in [3.8, 4) is 0 Å². The number of rotatable bonds is 3. The van der Waals surface area contributed by atoms with Gasteiger partial charge in [-0.25, -0.2) is 4.79 Å². The lowest BCUT2D eigenvalue weighted by atomic mass is 10.00. The third-order valence-electron chi connectivity index (χ3n) is 3.96. The van der Waals surface area contributed by atoms with Crippen molar-refractivity contribution in [2.75, 3.05) is 31.2 Å². The summed E-state index contributed by atoms with van der Waals surface area (Å²) in [6.45, 7) is 5.03. The lowest BCUT2D eigenvalue weighted by Crippen LogP contribution is -2.39. The summed E-state index contributed by atoms with van der Waals surface area (Å²) < 4.78 is 5.33. The van der Waals surface area contributed by atoms with E-state index in [0.29, 0.717) is 5.56 Å².